The summed E-state index contributed by atoms with van der Waals surface area (Å²) in [6.07, 6.45) is 1.54. The summed E-state index contributed by atoms with van der Waals surface area (Å²) in [5, 5.41) is 0.960. The molecular weight excluding hydrogens is 254 g/mol. The van der Waals surface area contributed by atoms with E-state index in [1.54, 1.807) is 18.5 Å². The summed E-state index contributed by atoms with van der Waals surface area (Å²) in [4.78, 5) is 24.4. The molecule has 0 aliphatic carbocycles. The third kappa shape index (κ3) is 2.30. The highest BCUT2D eigenvalue weighted by atomic mass is 16.1. The molecule has 0 saturated carbocycles. The Morgan fingerprint density at radius 1 is 1.20 bits per heavy atom. The minimum atomic E-state index is -0.438. The monoisotopic (exact) mass is 271 g/mol. The van der Waals surface area contributed by atoms with E-state index in [9.17, 15) is 4.79 Å². The van der Waals surface area contributed by atoms with E-state index in [1.165, 1.54) is 0 Å². The molecule has 1 aliphatic heterocycles. The van der Waals surface area contributed by atoms with E-state index in [-0.39, 0.29) is 0 Å². The number of anilines is 1. The van der Waals surface area contributed by atoms with E-state index >= 15 is 0 Å². The minimum Gasteiger partial charge on any atom is -0.366 e. The second-order valence-electron chi connectivity index (χ2n) is 5.08. The van der Waals surface area contributed by atoms with Crippen LogP contribution in [0.5, 0.6) is 0 Å². The van der Waals surface area contributed by atoms with E-state index in [4.69, 9.17) is 5.73 Å². The lowest BCUT2D eigenvalue weighted by Gasteiger charge is -2.33. The van der Waals surface area contributed by atoms with Crippen LogP contribution in [0.1, 0.15) is 10.4 Å². The Morgan fingerprint density at radius 2 is 1.95 bits per heavy atom. The first-order chi connectivity index (χ1) is 9.65. The first-order valence-corrected chi connectivity index (χ1v) is 6.63. The second kappa shape index (κ2) is 5.05. The van der Waals surface area contributed by atoms with Gasteiger partial charge in [-0.25, -0.2) is 9.97 Å². The van der Waals surface area contributed by atoms with Crippen molar-refractivity contribution >= 4 is 22.6 Å². The molecule has 0 radical (unpaired) electrons. The lowest BCUT2D eigenvalue weighted by Crippen LogP contribution is -2.44. The summed E-state index contributed by atoms with van der Waals surface area (Å²) in [5.41, 5.74) is 6.53. The van der Waals surface area contributed by atoms with Gasteiger partial charge in [0.2, 0.25) is 5.91 Å². The van der Waals surface area contributed by atoms with Crippen molar-refractivity contribution < 1.29 is 4.79 Å². The third-order valence-electron chi connectivity index (χ3n) is 3.70. The predicted molar refractivity (Wildman–Crippen MR) is 77.8 cm³/mol. The molecule has 1 aromatic carbocycles. The quantitative estimate of drug-likeness (QED) is 0.860. The standard InChI is InChI=1S/C14H17N5O/c1-18-4-6-19(7-5-18)14-11-3-2-10(13(15)20)8-12(11)16-9-17-14/h2-3,8-9H,4-7H2,1H3,(H2,15,20). The molecule has 0 unspecified atom stereocenters. The number of nitrogens with two attached hydrogens (primary N) is 1. The number of hydrogen-bond donors (Lipinski definition) is 1. The van der Waals surface area contributed by atoms with Gasteiger partial charge in [0.05, 0.1) is 5.52 Å². The van der Waals surface area contributed by atoms with Gasteiger partial charge in [0.15, 0.2) is 0 Å². The first-order valence-electron chi connectivity index (χ1n) is 6.63. The van der Waals surface area contributed by atoms with Crippen molar-refractivity contribution in [3.63, 3.8) is 0 Å². The number of hydrogen-bond acceptors (Lipinski definition) is 5. The highest BCUT2D eigenvalue weighted by molar-refractivity contribution is 5.99. The Kier molecular flexibility index (Phi) is 3.23. The number of rotatable bonds is 2. The summed E-state index contributed by atoms with van der Waals surface area (Å²) in [5.74, 6) is 0.491. The van der Waals surface area contributed by atoms with Gasteiger partial charge in [-0.2, -0.15) is 0 Å². The van der Waals surface area contributed by atoms with Crippen LogP contribution in [0.2, 0.25) is 0 Å². The van der Waals surface area contributed by atoms with Crippen LogP contribution in [-0.2, 0) is 0 Å². The Bertz CT molecular complexity index is 649. The topological polar surface area (TPSA) is 75.3 Å². The number of likely N-dealkylation sites (N-methyl/N-ethyl adjacent to an activating group) is 1. The van der Waals surface area contributed by atoms with Crippen LogP contribution in [0.15, 0.2) is 24.5 Å². The van der Waals surface area contributed by atoms with Crippen LogP contribution in [0.4, 0.5) is 5.82 Å². The van der Waals surface area contributed by atoms with Crippen molar-refractivity contribution in [3.05, 3.63) is 30.1 Å². The number of nitrogens with zero attached hydrogens (tertiary/aromatic N) is 4. The molecule has 1 saturated heterocycles. The van der Waals surface area contributed by atoms with Crippen LogP contribution in [-0.4, -0.2) is 54.0 Å². The zero-order chi connectivity index (χ0) is 14.1. The van der Waals surface area contributed by atoms with Crippen LogP contribution in [0.25, 0.3) is 10.9 Å². The molecule has 6 nitrogen and oxygen atoms in total. The first kappa shape index (κ1) is 12.8. The number of benzene rings is 1. The number of amides is 1. The van der Waals surface area contributed by atoms with Crippen LogP contribution in [0.3, 0.4) is 0 Å². The molecule has 1 amide bonds. The maximum atomic E-state index is 11.2. The normalized spacial score (nSPS) is 16.6. The van der Waals surface area contributed by atoms with E-state index in [1.807, 2.05) is 6.07 Å². The van der Waals surface area contributed by atoms with Gasteiger partial charge in [-0.3, -0.25) is 4.79 Å². The Balaban J connectivity index is 2.01. The van der Waals surface area contributed by atoms with Gasteiger partial charge >= 0.3 is 0 Å². The number of piperazine rings is 1. The Morgan fingerprint density at radius 3 is 2.65 bits per heavy atom. The third-order valence-corrected chi connectivity index (χ3v) is 3.70. The number of aromatic nitrogens is 2. The van der Waals surface area contributed by atoms with Gasteiger partial charge in [0.25, 0.3) is 0 Å². The maximum absolute atomic E-state index is 11.2. The molecule has 1 aromatic heterocycles. The minimum absolute atomic E-state index is 0.438. The van der Waals surface area contributed by atoms with Crippen molar-refractivity contribution in [2.75, 3.05) is 38.1 Å². The summed E-state index contributed by atoms with van der Waals surface area (Å²) in [7, 11) is 2.12. The molecule has 3 rings (SSSR count). The summed E-state index contributed by atoms with van der Waals surface area (Å²) >= 11 is 0. The fourth-order valence-corrected chi connectivity index (χ4v) is 2.47. The average Bonchev–Trinajstić information content (AvgIpc) is 2.47. The maximum Gasteiger partial charge on any atom is 0.248 e. The summed E-state index contributed by atoms with van der Waals surface area (Å²) in [6.45, 7) is 3.93. The average molecular weight is 271 g/mol. The van der Waals surface area contributed by atoms with Gasteiger partial charge in [-0.15, -0.1) is 0 Å². The SMILES string of the molecule is CN1CCN(c2ncnc3cc(C(N)=O)ccc23)CC1. The Labute approximate surface area is 117 Å². The lowest BCUT2D eigenvalue weighted by molar-refractivity contribution is 0.100. The number of carbonyl (C=O) groups excluding carboxylic acids is 1. The van der Waals surface area contributed by atoms with E-state index < -0.39 is 5.91 Å². The molecule has 104 valence electrons. The molecule has 2 aromatic rings. The van der Waals surface area contributed by atoms with Crippen molar-refractivity contribution in [2.24, 2.45) is 5.73 Å². The van der Waals surface area contributed by atoms with Crippen molar-refractivity contribution in [1.82, 2.24) is 14.9 Å². The number of primary amides is 1. The van der Waals surface area contributed by atoms with E-state index in [2.05, 4.69) is 26.8 Å². The highest BCUT2D eigenvalue weighted by Crippen LogP contribution is 2.24. The number of carbonyl (C=O) groups is 1. The zero-order valence-electron chi connectivity index (χ0n) is 11.4. The van der Waals surface area contributed by atoms with Gasteiger partial charge < -0.3 is 15.5 Å². The molecule has 0 bridgehead atoms. The molecule has 6 heteroatoms. The molecule has 2 heterocycles. The second-order valence-corrected chi connectivity index (χ2v) is 5.08. The predicted octanol–water partition coefficient (Wildman–Crippen LogP) is 0.480. The smallest absolute Gasteiger partial charge is 0.248 e. The van der Waals surface area contributed by atoms with Crippen LogP contribution >= 0.6 is 0 Å². The molecule has 1 fully saturated rings. The fraction of sp³-hybridized carbons (Fsp3) is 0.357. The zero-order valence-corrected chi connectivity index (χ0v) is 11.4. The Hall–Kier alpha value is -2.21. The fourth-order valence-electron chi connectivity index (χ4n) is 2.47. The highest BCUT2D eigenvalue weighted by Gasteiger charge is 2.18. The van der Waals surface area contributed by atoms with E-state index in [0.717, 1.165) is 42.9 Å². The molecule has 0 spiro atoms. The van der Waals surface area contributed by atoms with E-state index in [0.29, 0.717) is 5.56 Å². The van der Waals surface area contributed by atoms with Gasteiger partial charge in [-0.1, -0.05) is 0 Å². The molecule has 20 heavy (non-hydrogen) atoms. The van der Waals surface area contributed by atoms with Crippen molar-refractivity contribution in [1.29, 1.82) is 0 Å². The van der Waals surface area contributed by atoms with Crippen LogP contribution in [0, 0.1) is 0 Å². The molecule has 1 aliphatic rings. The van der Waals surface area contributed by atoms with Gasteiger partial charge in [0, 0.05) is 37.1 Å². The molecule has 2 N–H and O–H groups in total. The lowest BCUT2D eigenvalue weighted by atomic mass is 10.1. The largest absolute Gasteiger partial charge is 0.366 e. The number of fused-ring (bicyclic) bond motifs is 1. The molecular formula is C14H17N5O. The van der Waals surface area contributed by atoms with Crippen molar-refractivity contribution in [3.8, 4) is 0 Å². The summed E-state index contributed by atoms with van der Waals surface area (Å²) in [6, 6.07) is 5.33. The van der Waals surface area contributed by atoms with Gasteiger partial charge in [-0.05, 0) is 25.2 Å². The van der Waals surface area contributed by atoms with Crippen LogP contribution < -0.4 is 10.6 Å². The summed E-state index contributed by atoms with van der Waals surface area (Å²) < 4.78 is 0. The van der Waals surface area contributed by atoms with Gasteiger partial charge in [0.1, 0.15) is 12.1 Å². The molecule has 0 atom stereocenters. The van der Waals surface area contributed by atoms with Crippen molar-refractivity contribution in [2.45, 2.75) is 0 Å².